The highest BCUT2D eigenvalue weighted by Gasteiger charge is 2.49. The molecule has 9 heteroatoms. The summed E-state index contributed by atoms with van der Waals surface area (Å²) in [6.45, 7) is 9.60. The molecule has 0 aliphatic carbocycles. The molecule has 1 N–H and O–H groups in total. The van der Waals surface area contributed by atoms with E-state index in [1.165, 1.54) is 25.6 Å². The average molecular weight is 482 g/mol. The van der Waals surface area contributed by atoms with Crippen LogP contribution >= 0.6 is 11.8 Å². The van der Waals surface area contributed by atoms with Crippen LogP contribution in [0, 0.1) is 0 Å². The third kappa shape index (κ3) is 8.66. The van der Waals surface area contributed by atoms with Gasteiger partial charge in [0, 0.05) is 25.3 Å². The van der Waals surface area contributed by atoms with Crippen LogP contribution in [-0.4, -0.2) is 68.6 Å². The molecule has 1 fully saturated rings. The van der Waals surface area contributed by atoms with Gasteiger partial charge >= 0.3 is 5.97 Å². The first-order chi connectivity index (χ1) is 15.9. The number of amides is 1. The van der Waals surface area contributed by atoms with Gasteiger partial charge in [-0.25, -0.2) is 0 Å². The molecule has 1 heterocycles. The Morgan fingerprint density at radius 3 is 2.52 bits per heavy atom. The van der Waals surface area contributed by atoms with E-state index in [0.717, 1.165) is 23.5 Å². The van der Waals surface area contributed by atoms with Crippen molar-refractivity contribution in [2.45, 2.75) is 68.3 Å². The Hall–Kier alpha value is -2.07. The van der Waals surface area contributed by atoms with Crippen LogP contribution in [0.2, 0.25) is 0 Å². The molecule has 0 spiro atoms. The van der Waals surface area contributed by atoms with E-state index in [9.17, 15) is 9.59 Å². The van der Waals surface area contributed by atoms with Crippen LogP contribution in [0.25, 0.3) is 0 Å². The zero-order chi connectivity index (χ0) is 24.2. The van der Waals surface area contributed by atoms with Gasteiger partial charge in [0.15, 0.2) is 6.10 Å². The van der Waals surface area contributed by atoms with Crippen molar-refractivity contribution < 1.29 is 33.3 Å². The number of hydrogen-bond acceptors (Lipinski definition) is 8. The van der Waals surface area contributed by atoms with Crippen molar-refractivity contribution in [1.82, 2.24) is 5.32 Å². The smallest absolute Gasteiger partial charge is 0.303 e. The summed E-state index contributed by atoms with van der Waals surface area (Å²) in [5, 5.41) is 2.93. The number of hydrogen-bond donors (Lipinski definition) is 1. The highest BCUT2D eigenvalue weighted by molar-refractivity contribution is 7.99. The van der Waals surface area contributed by atoms with Gasteiger partial charge in [-0.3, -0.25) is 9.59 Å². The number of carbonyl (C=O) groups excluding carboxylic acids is 2. The van der Waals surface area contributed by atoms with E-state index >= 15 is 0 Å². The molecule has 1 saturated heterocycles. The lowest BCUT2D eigenvalue weighted by Crippen LogP contribution is -2.65. The summed E-state index contributed by atoms with van der Waals surface area (Å²) in [4.78, 5) is 24.9. The van der Waals surface area contributed by atoms with E-state index in [1.807, 2.05) is 24.3 Å². The molecule has 1 aromatic rings. The maximum absolute atomic E-state index is 12.1. The van der Waals surface area contributed by atoms with Crippen molar-refractivity contribution in [1.29, 1.82) is 0 Å². The van der Waals surface area contributed by atoms with Gasteiger partial charge in [-0.2, -0.15) is 0 Å². The van der Waals surface area contributed by atoms with Crippen LogP contribution in [0.4, 0.5) is 0 Å². The van der Waals surface area contributed by atoms with E-state index in [-0.39, 0.29) is 19.1 Å². The van der Waals surface area contributed by atoms with Crippen molar-refractivity contribution in [3.05, 3.63) is 36.9 Å². The van der Waals surface area contributed by atoms with Crippen molar-refractivity contribution in [2.75, 3.05) is 26.9 Å². The normalized spacial score (nSPS) is 24.7. The second-order valence-corrected chi connectivity index (χ2v) is 8.82. The van der Waals surface area contributed by atoms with E-state index in [2.05, 4.69) is 18.8 Å². The minimum absolute atomic E-state index is 0.224. The summed E-state index contributed by atoms with van der Waals surface area (Å²) in [6, 6.07) is 6.98. The van der Waals surface area contributed by atoms with E-state index in [4.69, 9.17) is 23.7 Å². The lowest BCUT2D eigenvalue weighted by Gasteiger charge is -2.45. The van der Waals surface area contributed by atoms with Gasteiger partial charge in [0.25, 0.3) is 0 Å². The minimum atomic E-state index is -0.756. The number of unbranched alkanes of at least 4 members (excludes halogenated alkanes) is 1. The van der Waals surface area contributed by atoms with Gasteiger partial charge in [-0.05, 0) is 30.7 Å². The molecule has 5 atom stereocenters. The van der Waals surface area contributed by atoms with E-state index in [0.29, 0.717) is 6.61 Å². The fraction of sp³-hybridized carbons (Fsp3) is 0.583. The monoisotopic (exact) mass is 481 g/mol. The number of esters is 1. The summed E-state index contributed by atoms with van der Waals surface area (Å²) in [5.41, 5.74) is -0.510. The number of benzene rings is 1. The average Bonchev–Trinajstić information content (AvgIpc) is 2.78. The van der Waals surface area contributed by atoms with Crippen molar-refractivity contribution in [3.8, 4) is 5.75 Å². The second-order valence-electron chi connectivity index (χ2n) is 7.65. The third-order valence-electron chi connectivity index (χ3n) is 4.96. The largest absolute Gasteiger partial charge is 0.497 e. The fourth-order valence-electron chi connectivity index (χ4n) is 3.47. The quantitative estimate of drug-likeness (QED) is 0.261. The van der Waals surface area contributed by atoms with E-state index in [1.54, 1.807) is 13.2 Å². The van der Waals surface area contributed by atoms with Crippen LogP contribution in [0.5, 0.6) is 5.75 Å². The molecule has 1 aliphatic heterocycles. The summed E-state index contributed by atoms with van der Waals surface area (Å²) < 4.78 is 29.1. The zero-order valence-corrected chi connectivity index (χ0v) is 20.6. The Morgan fingerprint density at radius 1 is 1.21 bits per heavy atom. The maximum atomic E-state index is 12.1. The predicted octanol–water partition coefficient (Wildman–Crippen LogP) is 3.34. The summed E-state index contributed by atoms with van der Waals surface area (Å²) in [6.07, 6.45) is 1.56. The Balaban J connectivity index is 2.34. The topological polar surface area (TPSA) is 92.3 Å². The number of thioether (sulfide) groups is 1. The van der Waals surface area contributed by atoms with Crippen molar-refractivity contribution in [3.63, 3.8) is 0 Å². The molecule has 33 heavy (non-hydrogen) atoms. The van der Waals surface area contributed by atoms with Gasteiger partial charge in [-0.1, -0.05) is 31.2 Å². The standard InChI is InChI=1S/C24H35NO7S/c1-6-8-14-29-15-20-22(31-17(4)27)23(30-13-7-2)21(25-16(3)26)24(32-20)33-19-11-9-18(28-5)10-12-19/h7,9-12,20-24H,2,6,8,13-15H2,1,3-5H3,(H,25,26)/t20?,21?,22-,23?,24-/m0/s1. The fourth-order valence-corrected chi connectivity index (χ4v) is 4.60. The number of ether oxygens (including phenoxy) is 5. The zero-order valence-electron chi connectivity index (χ0n) is 19.8. The van der Waals surface area contributed by atoms with Crippen molar-refractivity contribution in [2.24, 2.45) is 0 Å². The van der Waals surface area contributed by atoms with Crippen LogP contribution in [-0.2, 0) is 28.5 Å². The molecule has 184 valence electrons. The summed E-state index contributed by atoms with van der Waals surface area (Å²) in [5.74, 6) is 0.0409. The summed E-state index contributed by atoms with van der Waals surface area (Å²) in [7, 11) is 1.61. The minimum Gasteiger partial charge on any atom is -0.497 e. The molecule has 0 saturated carbocycles. The van der Waals surface area contributed by atoms with Crippen LogP contribution in [0.1, 0.15) is 33.6 Å². The highest BCUT2D eigenvalue weighted by atomic mass is 32.2. The molecule has 2 rings (SSSR count). The Morgan fingerprint density at radius 2 is 1.94 bits per heavy atom. The van der Waals surface area contributed by atoms with Gasteiger partial charge in [0.2, 0.25) is 5.91 Å². The molecule has 3 unspecified atom stereocenters. The lowest BCUT2D eigenvalue weighted by atomic mass is 9.97. The predicted molar refractivity (Wildman–Crippen MR) is 126 cm³/mol. The number of nitrogens with one attached hydrogen (secondary N) is 1. The van der Waals surface area contributed by atoms with Gasteiger partial charge in [-0.15, -0.1) is 6.58 Å². The van der Waals surface area contributed by atoms with E-state index < -0.39 is 35.8 Å². The molecule has 1 amide bonds. The first kappa shape index (κ1) is 27.2. The van der Waals surface area contributed by atoms with Crippen LogP contribution < -0.4 is 10.1 Å². The first-order valence-corrected chi connectivity index (χ1v) is 12.0. The number of rotatable bonds is 13. The summed E-state index contributed by atoms with van der Waals surface area (Å²) >= 11 is 1.45. The molecular formula is C24H35NO7S. The van der Waals surface area contributed by atoms with Gasteiger partial charge in [0.05, 0.1) is 26.4 Å². The molecule has 0 radical (unpaired) electrons. The molecule has 0 bridgehead atoms. The maximum Gasteiger partial charge on any atom is 0.303 e. The Labute approximate surface area is 200 Å². The van der Waals surface area contributed by atoms with Crippen molar-refractivity contribution >= 4 is 23.6 Å². The Bertz CT molecular complexity index is 758. The van der Waals surface area contributed by atoms with Crippen LogP contribution in [0.15, 0.2) is 41.8 Å². The SMILES string of the molecule is C=CCOC1C(NC(C)=O)[C@H](Sc2ccc(OC)cc2)OC(COCCCC)[C@@H]1OC(C)=O. The molecule has 1 aromatic carbocycles. The third-order valence-corrected chi connectivity index (χ3v) is 6.14. The second kappa shape index (κ2) is 14.2. The van der Waals surface area contributed by atoms with Gasteiger partial charge in [0.1, 0.15) is 23.4 Å². The van der Waals surface area contributed by atoms with Gasteiger partial charge < -0.3 is 29.0 Å². The first-order valence-electron chi connectivity index (χ1n) is 11.1. The Kier molecular flexibility index (Phi) is 11.7. The van der Waals surface area contributed by atoms with Crippen LogP contribution in [0.3, 0.4) is 0 Å². The molecule has 0 aromatic heterocycles. The molecule has 8 nitrogen and oxygen atoms in total. The number of carbonyl (C=O) groups is 2. The lowest BCUT2D eigenvalue weighted by molar-refractivity contribution is -0.208. The molecule has 1 aliphatic rings. The number of methoxy groups -OCH3 is 1. The highest BCUT2D eigenvalue weighted by Crippen LogP contribution is 2.36. The molecular weight excluding hydrogens is 446 g/mol.